The highest BCUT2D eigenvalue weighted by Crippen LogP contribution is 2.31. The third kappa shape index (κ3) is 1.74. The molecule has 2 rings (SSSR count). The lowest BCUT2D eigenvalue weighted by molar-refractivity contribution is -0.111. The molecule has 0 amide bonds. The van der Waals surface area contributed by atoms with Gasteiger partial charge in [0.1, 0.15) is 0 Å². The maximum absolute atomic E-state index is 5.13. The Morgan fingerprint density at radius 3 is 3.07 bits per heavy atom. The predicted octanol–water partition coefficient (Wildman–Crippen LogP) is 1.69. The number of benzene rings is 1. The smallest absolute Gasteiger partial charge is 0.0575 e. The van der Waals surface area contributed by atoms with Crippen LogP contribution in [0.3, 0.4) is 0 Å². The first-order valence-corrected chi connectivity index (χ1v) is 4.89. The Balaban J connectivity index is 2.10. The fourth-order valence-corrected chi connectivity index (χ4v) is 1.90. The van der Waals surface area contributed by atoms with E-state index in [0.717, 1.165) is 13.1 Å². The summed E-state index contributed by atoms with van der Waals surface area (Å²) < 4.78 is 0. The predicted molar refractivity (Wildman–Crippen MR) is 57.3 cm³/mol. The summed E-state index contributed by atoms with van der Waals surface area (Å²) in [7, 11) is 3.66. The number of anilines is 1. The van der Waals surface area contributed by atoms with Crippen molar-refractivity contribution in [3.05, 3.63) is 29.8 Å². The SMILES string of the molecule is CON(C)CC1CNc2ccccc21. The van der Waals surface area contributed by atoms with Gasteiger partial charge in [-0.3, -0.25) is 0 Å². The number of hydroxylamine groups is 2. The van der Waals surface area contributed by atoms with E-state index in [1.807, 2.05) is 12.1 Å². The van der Waals surface area contributed by atoms with Gasteiger partial charge in [0.15, 0.2) is 0 Å². The molecule has 0 aromatic heterocycles. The van der Waals surface area contributed by atoms with E-state index >= 15 is 0 Å². The molecule has 1 aliphatic heterocycles. The topological polar surface area (TPSA) is 24.5 Å². The molecule has 1 N–H and O–H groups in total. The normalized spacial score (nSPS) is 19.5. The molecule has 1 aliphatic rings. The molecule has 0 bridgehead atoms. The fraction of sp³-hybridized carbons (Fsp3) is 0.455. The molecule has 1 aromatic rings. The molecule has 1 aromatic carbocycles. The maximum atomic E-state index is 5.13. The Hall–Kier alpha value is -1.06. The molecule has 1 heterocycles. The summed E-state index contributed by atoms with van der Waals surface area (Å²) in [6.07, 6.45) is 0. The summed E-state index contributed by atoms with van der Waals surface area (Å²) >= 11 is 0. The number of nitrogens with one attached hydrogen (secondary N) is 1. The average molecular weight is 192 g/mol. The number of fused-ring (bicyclic) bond motifs is 1. The van der Waals surface area contributed by atoms with Gasteiger partial charge in [0.05, 0.1) is 7.11 Å². The van der Waals surface area contributed by atoms with Gasteiger partial charge in [-0.25, -0.2) is 0 Å². The molecule has 3 nitrogen and oxygen atoms in total. The Morgan fingerprint density at radius 1 is 1.50 bits per heavy atom. The Bertz CT molecular complexity index is 314. The van der Waals surface area contributed by atoms with Crippen molar-refractivity contribution < 1.29 is 4.84 Å². The van der Waals surface area contributed by atoms with Crippen molar-refractivity contribution >= 4 is 5.69 Å². The molecular weight excluding hydrogens is 176 g/mol. The summed E-state index contributed by atoms with van der Waals surface area (Å²) in [4.78, 5) is 5.13. The van der Waals surface area contributed by atoms with Crippen LogP contribution in [0.5, 0.6) is 0 Å². The minimum atomic E-state index is 0.538. The minimum Gasteiger partial charge on any atom is -0.384 e. The fourth-order valence-electron chi connectivity index (χ4n) is 1.90. The van der Waals surface area contributed by atoms with E-state index in [4.69, 9.17) is 4.84 Å². The largest absolute Gasteiger partial charge is 0.384 e. The van der Waals surface area contributed by atoms with Crippen molar-refractivity contribution in [2.45, 2.75) is 5.92 Å². The zero-order valence-electron chi connectivity index (χ0n) is 8.66. The van der Waals surface area contributed by atoms with Crippen LogP contribution < -0.4 is 5.32 Å². The van der Waals surface area contributed by atoms with E-state index in [0.29, 0.717) is 5.92 Å². The third-order valence-corrected chi connectivity index (χ3v) is 2.73. The van der Waals surface area contributed by atoms with Crippen LogP contribution in [0, 0.1) is 0 Å². The quantitative estimate of drug-likeness (QED) is 0.737. The summed E-state index contributed by atoms with van der Waals surface area (Å²) in [5, 5.41) is 5.27. The summed E-state index contributed by atoms with van der Waals surface area (Å²) in [6, 6.07) is 8.46. The Kier molecular flexibility index (Phi) is 2.70. The van der Waals surface area contributed by atoms with Crippen molar-refractivity contribution in [2.75, 3.05) is 32.6 Å². The maximum Gasteiger partial charge on any atom is 0.0575 e. The van der Waals surface area contributed by atoms with Crippen molar-refractivity contribution in [2.24, 2.45) is 0 Å². The second-order valence-electron chi connectivity index (χ2n) is 3.66. The van der Waals surface area contributed by atoms with Crippen LogP contribution in [-0.2, 0) is 4.84 Å². The van der Waals surface area contributed by atoms with Crippen molar-refractivity contribution in [3.63, 3.8) is 0 Å². The highest BCUT2D eigenvalue weighted by Gasteiger charge is 2.22. The lowest BCUT2D eigenvalue weighted by atomic mass is 10.0. The van der Waals surface area contributed by atoms with Gasteiger partial charge in [0.2, 0.25) is 0 Å². The van der Waals surface area contributed by atoms with E-state index in [1.165, 1.54) is 11.3 Å². The molecule has 0 fully saturated rings. The molecule has 1 unspecified atom stereocenters. The zero-order chi connectivity index (χ0) is 9.97. The lowest BCUT2D eigenvalue weighted by Gasteiger charge is -2.18. The molecular formula is C11H16N2O. The second-order valence-corrected chi connectivity index (χ2v) is 3.66. The molecule has 0 saturated carbocycles. The van der Waals surface area contributed by atoms with Crippen LogP contribution in [0.1, 0.15) is 11.5 Å². The first-order valence-electron chi connectivity index (χ1n) is 4.89. The molecule has 3 heteroatoms. The van der Waals surface area contributed by atoms with Crippen LogP contribution in [0.2, 0.25) is 0 Å². The van der Waals surface area contributed by atoms with E-state index in [1.54, 1.807) is 7.11 Å². The van der Waals surface area contributed by atoms with Gasteiger partial charge in [-0.2, -0.15) is 5.06 Å². The molecule has 0 spiro atoms. The number of likely N-dealkylation sites (N-methyl/N-ethyl adjacent to an activating group) is 1. The van der Waals surface area contributed by atoms with Gasteiger partial charge >= 0.3 is 0 Å². The Morgan fingerprint density at radius 2 is 2.29 bits per heavy atom. The molecule has 1 atom stereocenters. The van der Waals surface area contributed by atoms with Crippen LogP contribution >= 0.6 is 0 Å². The monoisotopic (exact) mass is 192 g/mol. The molecule has 0 radical (unpaired) electrons. The number of hydrogen-bond acceptors (Lipinski definition) is 3. The summed E-state index contributed by atoms with van der Waals surface area (Å²) in [5.74, 6) is 0.538. The van der Waals surface area contributed by atoms with Crippen molar-refractivity contribution in [1.82, 2.24) is 5.06 Å². The van der Waals surface area contributed by atoms with Gasteiger partial charge in [-0.1, -0.05) is 18.2 Å². The lowest BCUT2D eigenvalue weighted by Crippen LogP contribution is -2.24. The highest BCUT2D eigenvalue weighted by atomic mass is 16.7. The summed E-state index contributed by atoms with van der Waals surface area (Å²) in [5.41, 5.74) is 2.67. The van der Waals surface area contributed by atoms with E-state index in [-0.39, 0.29) is 0 Å². The third-order valence-electron chi connectivity index (χ3n) is 2.73. The highest BCUT2D eigenvalue weighted by molar-refractivity contribution is 5.57. The number of rotatable bonds is 3. The van der Waals surface area contributed by atoms with Crippen LogP contribution in [0.4, 0.5) is 5.69 Å². The molecule has 0 saturated heterocycles. The van der Waals surface area contributed by atoms with Crippen LogP contribution in [0.25, 0.3) is 0 Å². The van der Waals surface area contributed by atoms with E-state index in [2.05, 4.69) is 29.6 Å². The van der Waals surface area contributed by atoms with Crippen LogP contribution in [0.15, 0.2) is 24.3 Å². The van der Waals surface area contributed by atoms with Gasteiger partial charge in [0, 0.05) is 31.7 Å². The van der Waals surface area contributed by atoms with Gasteiger partial charge in [-0.05, 0) is 11.6 Å². The van der Waals surface area contributed by atoms with Gasteiger partial charge in [-0.15, -0.1) is 0 Å². The van der Waals surface area contributed by atoms with Crippen molar-refractivity contribution in [1.29, 1.82) is 0 Å². The standard InChI is InChI=1S/C11H16N2O/c1-13(14-2)8-9-7-12-11-6-4-3-5-10(9)11/h3-6,9,12H,7-8H2,1-2H3. The Labute approximate surface area is 84.6 Å². The average Bonchev–Trinajstić information content (AvgIpc) is 2.62. The number of hydrogen-bond donors (Lipinski definition) is 1. The number of nitrogens with zero attached hydrogens (tertiary/aromatic N) is 1. The molecule has 0 aliphatic carbocycles. The van der Waals surface area contributed by atoms with Gasteiger partial charge < -0.3 is 10.2 Å². The first kappa shape index (κ1) is 9.49. The minimum absolute atomic E-state index is 0.538. The molecule has 76 valence electrons. The van der Waals surface area contributed by atoms with E-state index in [9.17, 15) is 0 Å². The number of para-hydroxylation sites is 1. The summed E-state index contributed by atoms with van der Waals surface area (Å²) in [6.45, 7) is 1.94. The van der Waals surface area contributed by atoms with E-state index < -0.39 is 0 Å². The van der Waals surface area contributed by atoms with Gasteiger partial charge in [0.25, 0.3) is 0 Å². The van der Waals surface area contributed by atoms with Crippen LogP contribution in [-0.4, -0.2) is 32.3 Å². The first-order chi connectivity index (χ1) is 6.81. The van der Waals surface area contributed by atoms with Crippen molar-refractivity contribution in [3.8, 4) is 0 Å². The molecule has 14 heavy (non-hydrogen) atoms. The zero-order valence-corrected chi connectivity index (χ0v) is 8.66. The second kappa shape index (κ2) is 3.98.